The van der Waals surface area contributed by atoms with Crippen molar-refractivity contribution < 1.29 is 4.74 Å². The molecule has 0 aliphatic heterocycles. The van der Waals surface area contributed by atoms with E-state index in [9.17, 15) is 0 Å². The van der Waals surface area contributed by atoms with Gasteiger partial charge in [0, 0.05) is 11.7 Å². The summed E-state index contributed by atoms with van der Waals surface area (Å²) in [6.07, 6.45) is 3.54. The predicted octanol–water partition coefficient (Wildman–Crippen LogP) is 0.620. The van der Waals surface area contributed by atoms with Gasteiger partial charge in [-0.15, -0.1) is 0 Å². The summed E-state index contributed by atoms with van der Waals surface area (Å²) in [6.45, 7) is 0. The number of anilines is 1. The molecule has 0 bridgehead atoms. The van der Waals surface area contributed by atoms with E-state index in [0.29, 0.717) is 5.82 Å². The van der Waals surface area contributed by atoms with Crippen molar-refractivity contribution in [1.29, 1.82) is 0 Å². The Morgan fingerprint density at radius 3 is 2.77 bits per heavy atom. The molecule has 1 aliphatic rings. The molecule has 4 nitrogen and oxygen atoms in total. The molecule has 4 heteroatoms. The molecule has 1 fully saturated rings. The van der Waals surface area contributed by atoms with Crippen molar-refractivity contribution in [2.75, 3.05) is 12.8 Å². The molecule has 2 rings (SSSR count). The Morgan fingerprint density at radius 1 is 1.54 bits per heavy atom. The Kier molecular flexibility index (Phi) is 1.66. The Bertz CT molecular complexity index is 334. The van der Waals surface area contributed by atoms with E-state index in [1.165, 1.54) is 0 Å². The van der Waals surface area contributed by atoms with Crippen LogP contribution < -0.4 is 16.2 Å². The molecule has 0 saturated heterocycles. The quantitative estimate of drug-likeness (QED) is 0.698. The van der Waals surface area contributed by atoms with Crippen molar-refractivity contribution in [1.82, 2.24) is 4.98 Å². The van der Waals surface area contributed by atoms with Gasteiger partial charge in [0.05, 0.1) is 12.7 Å². The summed E-state index contributed by atoms with van der Waals surface area (Å²) in [7, 11) is 1.62. The smallest absolute Gasteiger partial charge is 0.132 e. The standard InChI is InChI=1S/C9H13N3O/c1-13-6-2-5-12-8(10)7(6)9(11)3-4-9/h2,5H,3-4,11H2,1H3,(H2,10,12). The molecular weight excluding hydrogens is 166 g/mol. The second kappa shape index (κ2) is 2.60. The molecule has 1 saturated carbocycles. The number of pyridine rings is 1. The van der Waals surface area contributed by atoms with Crippen LogP contribution in [0.4, 0.5) is 5.82 Å². The average Bonchev–Trinajstić information content (AvgIpc) is 2.84. The van der Waals surface area contributed by atoms with Gasteiger partial charge in [-0.25, -0.2) is 4.98 Å². The Morgan fingerprint density at radius 2 is 2.23 bits per heavy atom. The fourth-order valence-corrected chi connectivity index (χ4v) is 1.51. The highest BCUT2D eigenvalue weighted by molar-refractivity contribution is 5.54. The fraction of sp³-hybridized carbons (Fsp3) is 0.444. The van der Waals surface area contributed by atoms with E-state index < -0.39 is 0 Å². The number of hydrogen-bond donors (Lipinski definition) is 2. The summed E-state index contributed by atoms with van der Waals surface area (Å²) in [6, 6.07) is 1.79. The van der Waals surface area contributed by atoms with E-state index in [1.54, 1.807) is 19.4 Å². The number of nitrogens with two attached hydrogens (primary N) is 2. The molecule has 70 valence electrons. The van der Waals surface area contributed by atoms with Gasteiger partial charge in [0.15, 0.2) is 0 Å². The van der Waals surface area contributed by atoms with Crippen LogP contribution in [0.25, 0.3) is 0 Å². The first-order valence-corrected chi connectivity index (χ1v) is 4.25. The number of nitrogens with zero attached hydrogens (tertiary/aromatic N) is 1. The van der Waals surface area contributed by atoms with Crippen LogP contribution in [0.2, 0.25) is 0 Å². The maximum Gasteiger partial charge on any atom is 0.132 e. The number of aromatic nitrogens is 1. The molecule has 0 spiro atoms. The lowest BCUT2D eigenvalue weighted by atomic mass is 10.1. The minimum atomic E-state index is -0.288. The van der Waals surface area contributed by atoms with Crippen LogP contribution in [-0.2, 0) is 5.54 Å². The molecule has 0 radical (unpaired) electrons. The number of hydrogen-bond acceptors (Lipinski definition) is 4. The van der Waals surface area contributed by atoms with E-state index in [-0.39, 0.29) is 5.54 Å². The van der Waals surface area contributed by atoms with Crippen LogP contribution in [0.1, 0.15) is 18.4 Å². The largest absolute Gasteiger partial charge is 0.496 e. The van der Waals surface area contributed by atoms with E-state index in [4.69, 9.17) is 16.2 Å². The maximum atomic E-state index is 6.05. The van der Waals surface area contributed by atoms with Crippen LogP contribution in [-0.4, -0.2) is 12.1 Å². The van der Waals surface area contributed by atoms with Gasteiger partial charge < -0.3 is 16.2 Å². The summed E-state index contributed by atoms with van der Waals surface area (Å²) in [5, 5.41) is 0. The molecule has 13 heavy (non-hydrogen) atoms. The van der Waals surface area contributed by atoms with Crippen LogP contribution in [0.15, 0.2) is 12.3 Å². The average molecular weight is 179 g/mol. The normalized spacial score (nSPS) is 18.3. The zero-order chi connectivity index (χ0) is 9.47. The third-order valence-corrected chi connectivity index (χ3v) is 2.45. The molecule has 1 heterocycles. The first-order valence-electron chi connectivity index (χ1n) is 4.25. The summed E-state index contributed by atoms with van der Waals surface area (Å²) in [5.41, 5.74) is 12.4. The zero-order valence-corrected chi connectivity index (χ0v) is 7.58. The predicted molar refractivity (Wildman–Crippen MR) is 50.3 cm³/mol. The van der Waals surface area contributed by atoms with E-state index >= 15 is 0 Å². The number of ether oxygens (including phenoxy) is 1. The van der Waals surface area contributed by atoms with E-state index in [2.05, 4.69) is 4.98 Å². The van der Waals surface area contributed by atoms with Gasteiger partial charge in [0.25, 0.3) is 0 Å². The van der Waals surface area contributed by atoms with Crippen LogP contribution in [0, 0.1) is 0 Å². The maximum absolute atomic E-state index is 6.05. The molecule has 0 aromatic carbocycles. The summed E-state index contributed by atoms with van der Waals surface area (Å²) >= 11 is 0. The Balaban J connectivity index is 2.52. The van der Waals surface area contributed by atoms with E-state index in [1.807, 2.05) is 0 Å². The van der Waals surface area contributed by atoms with Gasteiger partial charge in [-0.05, 0) is 18.9 Å². The minimum Gasteiger partial charge on any atom is -0.496 e. The molecule has 1 aromatic heterocycles. The van der Waals surface area contributed by atoms with Gasteiger partial charge >= 0.3 is 0 Å². The molecule has 1 aromatic rings. The third kappa shape index (κ3) is 1.23. The summed E-state index contributed by atoms with van der Waals surface area (Å²) in [5.74, 6) is 1.23. The van der Waals surface area contributed by atoms with Crippen molar-refractivity contribution >= 4 is 5.82 Å². The van der Waals surface area contributed by atoms with Gasteiger partial charge in [0.2, 0.25) is 0 Å². The van der Waals surface area contributed by atoms with Crippen molar-refractivity contribution in [2.24, 2.45) is 5.73 Å². The zero-order valence-electron chi connectivity index (χ0n) is 7.58. The molecule has 0 amide bonds. The van der Waals surface area contributed by atoms with Crippen molar-refractivity contribution in [3.63, 3.8) is 0 Å². The van der Waals surface area contributed by atoms with Crippen LogP contribution in [0.3, 0.4) is 0 Å². The topological polar surface area (TPSA) is 74.2 Å². The number of methoxy groups -OCH3 is 1. The highest BCUT2D eigenvalue weighted by Crippen LogP contribution is 2.48. The highest BCUT2D eigenvalue weighted by Gasteiger charge is 2.44. The second-order valence-electron chi connectivity index (χ2n) is 3.43. The molecule has 1 aliphatic carbocycles. The van der Waals surface area contributed by atoms with Gasteiger partial charge in [-0.2, -0.15) is 0 Å². The Hall–Kier alpha value is -1.29. The first kappa shape index (κ1) is 8.31. The number of rotatable bonds is 2. The second-order valence-corrected chi connectivity index (χ2v) is 3.43. The molecular formula is C9H13N3O. The number of nitrogen functional groups attached to an aromatic ring is 1. The summed E-state index contributed by atoms with van der Waals surface area (Å²) in [4.78, 5) is 4.01. The summed E-state index contributed by atoms with van der Waals surface area (Å²) < 4.78 is 5.19. The molecule has 4 N–H and O–H groups in total. The van der Waals surface area contributed by atoms with Gasteiger partial charge in [-0.3, -0.25) is 0 Å². The lowest BCUT2D eigenvalue weighted by molar-refractivity contribution is 0.404. The fourth-order valence-electron chi connectivity index (χ4n) is 1.51. The van der Waals surface area contributed by atoms with E-state index in [0.717, 1.165) is 24.2 Å². The highest BCUT2D eigenvalue weighted by atomic mass is 16.5. The lowest BCUT2D eigenvalue weighted by Crippen LogP contribution is -2.22. The first-order chi connectivity index (χ1) is 6.17. The third-order valence-electron chi connectivity index (χ3n) is 2.45. The van der Waals surface area contributed by atoms with Gasteiger partial charge in [0.1, 0.15) is 11.6 Å². The minimum absolute atomic E-state index is 0.288. The van der Waals surface area contributed by atoms with Crippen LogP contribution >= 0.6 is 0 Å². The Labute approximate surface area is 76.9 Å². The molecule has 0 atom stereocenters. The monoisotopic (exact) mass is 179 g/mol. The van der Waals surface area contributed by atoms with Crippen molar-refractivity contribution in [2.45, 2.75) is 18.4 Å². The molecule has 0 unspecified atom stereocenters. The van der Waals surface area contributed by atoms with Gasteiger partial charge in [-0.1, -0.05) is 0 Å². The van der Waals surface area contributed by atoms with Crippen LogP contribution in [0.5, 0.6) is 5.75 Å². The lowest BCUT2D eigenvalue weighted by Gasteiger charge is -2.15. The SMILES string of the molecule is COc1ccnc(N)c1C1(N)CC1. The van der Waals surface area contributed by atoms with Crippen molar-refractivity contribution in [3.8, 4) is 5.75 Å². The van der Waals surface area contributed by atoms with Crippen molar-refractivity contribution in [3.05, 3.63) is 17.8 Å².